The molecule has 3 aromatic rings. The molecule has 1 aliphatic heterocycles. The average Bonchev–Trinajstić information content (AvgIpc) is 3.24. The van der Waals surface area contributed by atoms with E-state index in [0.29, 0.717) is 42.1 Å². The van der Waals surface area contributed by atoms with Crippen LogP contribution in [0.1, 0.15) is 18.4 Å². The highest BCUT2D eigenvalue weighted by molar-refractivity contribution is 6.30. The molecular formula is C23H25ClN4O3. The Bertz CT molecular complexity index is 1010. The first-order valence-electron chi connectivity index (χ1n) is 10.3. The van der Waals surface area contributed by atoms with Crippen molar-refractivity contribution in [3.8, 4) is 17.1 Å². The molecule has 1 atom stereocenters. The van der Waals surface area contributed by atoms with Crippen molar-refractivity contribution in [3.63, 3.8) is 0 Å². The van der Waals surface area contributed by atoms with Crippen molar-refractivity contribution in [2.75, 3.05) is 26.2 Å². The molecule has 0 unspecified atom stereocenters. The van der Waals surface area contributed by atoms with Gasteiger partial charge in [0.1, 0.15) is 5.75 Å². The number of nitrogens with zero attached hydrogens (tertiary/aromatic N) is 4. The number of carbonyl (C=O) groups is 1. The van der Waals surface area contributed by atoms with Gasteiger partial charge >= 0.3 is 0 Å². The van der Waals surface area contributed by atoms with Crippen LogP contribution >= 0.6 is 11.6 Å². The molecule has 0 spiro atoms. The molecule has 0 saturated carbocycles. The summed E-state index contributed by atoms with van der Waals surface area (Å²) in [6.45, 7) is 7.12. The minimum Gasteiger partial charge on any atom is -0.481 e. The van der Waals surface area contributed by atoms with E-state index < -0.39 is 6.10 Å². The second-order valence-corrected chi connectivity index (χ2v) is 8.13. The average molecular weight is 441 g/mol. The quantitative estimate of drug-likeness (QED) is 0.580. The molecule has 0 N–H and O–H groups in total. The van der Waals surface area contributed by atoms with E-state index in [4.69, 9.17) is 20.9 Å². The Balaban J connectivity index is 1.27. The first-order chi connectivity index (χ1) is 15.0. The fourth-order valence-corrected chi connectivity index (χ4v) is 3.61. The molecule has 0 bridgehead atoms. The van der Waals surface area contributed by atoms with Crippen LogP contribution in [0.2, 0.25) is 5.02 Å². The minimum atomic E-state index is -0.555. The van der Waals surface area contributed by atoms with E-state index >= 15 is 0 Å². The Labute approximate surface area is 186 Å². The highest BCUT2D eigenvalue weighted by Crippen LogP contribution is 2.19. The van der Waals surface area contributed by atoms with Gasteiger partial charge in [-0.15, -0.1) is 0 Å². The molecule has 0 radical (unpaired) electrons. The molecule has 1 aliphatic rings. The number of piperazine rings is 1. The van der Waals surface area contributed by atoms with Crippen LogP contribution in [0.15, 0.2) is 53.1 Å². The Morgan fingerprint density at radius 2 is 1.77 bits per heavy atom. The Morgan fingerprint density at radius 3 is 2.45 bits per heavy atom. The van der Waals surface area contributed by atoms with Gasteiger partial charge in [0.25, 0.3) is 5.91 Å². The molecule has 4 rings (SSSR count). The molecule has 0 aliphatic carbocycles. The van der Waals surface area contributed by atoms with Gasteiger partial charge in [0, 0.05) is 36.8 Å². The van der Waals surface area contributed by atoms with Gasteiger partial charge in [-0.05, 0) is 38.1 Å². The summed E-state index contributed by atoms with van der Waals surface area (Å²) < 4.78 is 11.2. The monoisotopic (exact) mass is 440 g/mol. The van der Waals surface area contributed by atoms with E-state index in [0.717, 1.165) is 18.7 Å². The number of rotatable bonds is 6. The Hall–Kier alpha value is -2.90. The largest absolute Gasteiger partial charge is 0.481 e. The predicted molar refractivity (Wildman–Crippen MR) is 118 cm³/mol. The normalized spacial score (nSPS) is 15.6. The number of amides is 1. The predicted octanol–water partition coefficient (Wildman–Crippen LogP) is 3.81. The second-order valence-electron chi connectivity index (χ2n) is 7.69. The van der Waals surface area contributed by atoms with Crippen LogP contribution in [-0.2, 0) is 11.3 Å². The number of carbonyl (C=O) groups excluding carboxylic acids is 1. The fraction of sp³-hybridized carbons (Fsp3) is 0.348. The van der Waals surface area contributed by atoms with Crippen LogP contribution in [0.25, 0.3) is 11.4 Å². The number of benzene rings is 2. The molecule has 2 aromatic carbocycles. The first kappa shape index (κ1) is 21.3. The lowest BCUT2D eigenvalue weighted by molar-refractivity contribution is -0.139. The lowest BCUT2D eigenvalue weighted by Crippen LogP contribution is -2.51. The van der Waals surface area contributed by atoms with Crippen LogP contribution in [0.3, 0.4) is 0 Å². The van der Waals surface area contributed by atoms with Gasteiger partial charge in [-0.3, -0.25) is 9.69 Å². The van der Waals surface area contributed by atoms with Crippen molar-refractivity contribution in [3.05, 3.63) is 65.0 Å². The number of aromatic nitrogens is 2. The molecular weight excluding hydrogens is 416 g/mol. The van der Waals surface area contributed by atoms with Crippen LogP contribution in [0.4, 0.5) is 0 Å². The van der Waals surface area contributed by atoms with Crippen molar-refractivity contribution >= 4 is 17.5 Å². The zero-order chi connectivity index (χ0) is 21.8. The fourth-order valence-electron chi connectivity index (χ4n) is 3.48. The maximum absolute atomic E-state index is 12.7. The summed E-state index contributed by atoms with van der Waals surface area (Å²) >= 11 is 5.89. The van der Waals surface area contributed by atoms with Crippen LogP contribution in [-0.4, -0.2) is 58.1 Å². The van der Waals surface area contributed by atoms with Gasteiger partial charge in [0.2, 0.25) is 11.7 Å². The molecule has 2 heterocycles. The molecule has 1 saturated heterocycles. The van der Waals surface area contributed by atoms with Crippen LogP contribution in [0.5, 0.6) is 5.75 Å². The Morgan fingerprint density at radius 1 is 1.10 bits per heavy atom. The number of halogens is 1. The zero-order valence-corrected chi connectivity index (χ0v) is 18.4. The summed E-state index contributed by atoms with van der Waals surface area (Å²) in [5.41, 5.74) is 2.12. The topological polar surface area (TPSA) is 71.7 Å². The highest BCUT2D eigenvalue weighted by atomic mass is 35.5. The smallest absolute Gasteiger partial charge is 0.263 e. The second kappa shape index (κ2) is 9.49. The van der Waals surface area contributed by atoms with Crippen LogP contribution < -0.4 is 4.74 Å². The van der Waals surface area contributed by atoms with Gasteiger partial charge in [0.05, 0.1) is 6.54 Å². The van der Waals surface area contributed by atoms with E-state index in [1.807, 2.05) is 36.1 Å². The lowest BCUT2D eigenvalue weighted by atomic mass is 10.1. The van der Waals surface area contributed by atoms with Crippen molar-refractivity contribution in [1.29, 1.82) is 0 Å². The molecule has 162 valence electrons. The third-order valence-corrected chi connectivity index (χ3v) is 5.55. The first-order valence-corrected chi connectivity index (χ1v) is 10.7. The maximum Gasteiger partial charge on any atom is 0.263 e. The van der Waals surface area contributed by atoms with Gasteiger partial charge < -0.3 is 14.2 Å². The van der Waals surface area contributed by atoms with Crippen molar-refractivity contribution in [2.45, 2.75) is 26.5 Å². The highest BCUT2D eigenvalue weighted by Gasteiger charge is 2.27. The van der Waals surface area contributed by atoms with E-state index in [1.165, 1.54) is 5.56 Å². The number of hydrogen-bond acceptors (Lipinski definition) is 6. The maximum atomic E-state index is 12.7. The molecule has 1 fully saturated rings. The number of ether oxygens (including phenoxy) is 1. The molecule has 1 aromatic heterocycles. The third kappa shape index (κ3) is 5.42. The summed E-state index contributed by atoms with van der Waals surface area (Å²) in [6, 6.07) is 15.0. The third-order valence-electron chi connectivity index (χ3n) is 5.29. The summed E-state index contributed by atoms with van der Waals surface area (Å²) in [5.74, 6) is 1.78. The van der Waals surface area contributed by atoms with Crippen LogP contribution in [0, 0.1) is 6.92 Å². The summed E-state index contributed by atoms with van der Waals surface area (Å²) in [7, 11) is 0. The number of hydrogen-bond donors (Lipinski definition) is 0. The van der Waals surface area contributed by atoms with Gasteiger partial charge in [-0.1, -0.05) is 46.6 Å². The van der Waals surface area contributed by atoms with E-state index in [9.17, 15) is 4.79 Å². The molecule has 8 heteroatoms. The molecule has 31 heavy (non-hydrogen) atoms. The minimum absolute atomic E-state index is 0.0194. The zero-order valence-electron chi connectivity index (χ0n) is 17.6. The summed E-state index contributed by atoms with van der Waals surface area (Å²) in [5, 5.41) is 4.73. The van der Waals surface area contributed by atoms with E-state index in [1.54, 1.807) is 31.2 Å². The lowest BCUT2D eigenvalue weighted by Gasteiger charge is -2.35. The SMILES string of the molecule is Cc1ccc(-c2noc(CN3CCN(C(=O)[C@H](C)Oc4ccc(Cl)cc4)CC3)n2)cc1. The Kier molecular flexibility index (Phi) is 6.53. The van der Waals surface area contributed by atoms with Crippen molar-refractivity contribution < 1.29 is 14.1 Å². The van der Waals surface area contributed by atoms with E-state index in [2.05, 4.69) is 15.0 Å². The van der Waals surface area contributed by atoms with E-state index in [-0.39, 0.29) is 5.91 Å². The van der Waals surface area contributed by atoms with Gasteiger partial charge in [-0.25, -0.2) is 0 Å². The molecule has 7 nitrogen and oxygen atoms in total. The van der Waals surface area contributed by atoms with Crippen molar-refractivity contribution in [2.24, 2.45) is 0 Å². The summed E-state index contributed by atoms with van der Waals surface area (Å²) in [4.78, 5) is 21.3. The van der Waals surface area contributed by atoms with Crippen molar-refractivity contribution in [1.82, 2.24) is 19.9 Å². The summed E-state index contributed by atoms with van der Waals surface area (Å²) in [6.07, 6.45) is -0.555. The standard InChI is InChI=1S/C23H25ClN4O3/c1-16-3-5-18(6-4-16)22-25-21(31-26-22)15-27-11-13-28(14-12-27)23(29)17(2)30-20-9-7-19(24)8-10-20/h3-10,17H,11-15H2,1-2H3/t17-/m0/s1. The molecule has 1 amide bonds. The number of aryl methyl sites for hydroxylation is 1. The van der Waals surface area contributed by atoms with Gasteiger partial charge in [-0.2, -0.15) is 4.98 Å². The van der Waals surface area contributed by atoms with Gasteiger partial charge in [0.15, 0.2) is 6.10 Å².